The quantitative estimate of drug-likeness (QED) is 0.623. The summed E-state index contributed by atoms with van der Waals surface area (Å²) in [5, 5.41) is 13.9. The Morgan fingerprint density at radius 3 is 2.00 bits per heavy atom. The number of carbonyl (C=O) groups is 2. The Morgan fingerprint density at radius 1 is 1.07 bits per heavy atom. The highest BCUT2D eigenvalue weighted by atomic mass is 16.6. The maximum absolute atomic E-state index is 13.1. The van der Waals surface area contributed by atoms with E-state index in [1.54, 1.807) is 19.0 Å². The van der Waals surface area contributed by atoms with Crippen molar-refractivity contribution in [1.29, 1.82) is 0 Å². The third-order valence-electron chi connectivity index (χ3n) is 7.00. The van der Waals surface area contributed by atoms with Crippen molar-refractivity contribution in [2.45, 2.75) is 44.6 Å². The SMILES string of the molecule is CN(C)C(=O)[C@@H](NC(=O)c1ccc([N+](=O)[O-])cc1)C12CC3CC(CC(C3)C1)C2. The number of non-ortho nitro benzene ring substituents is 1. The second kappa shape index (κ2) is 6.87. The van der Waals surface area contributed by atoms with Crippen LogP contribution in [0.3, 0.4) is 0 Å². The monoisotopic (exact) mass is 385 g/mol. The minimum atomic E-state index is -0.543. The summed E-state index contributed by atoms with van der Waals surface area (Å²) in [6.07, 6.45) is 6.80. The fourth-order valence-corrected chi connectivity index (χ4v) is 6.22. The van der Waals surface area contributed by atoms with E-state index in [2.05, 4.69) is 5.32 Å². The largest absolute Gasteiger partial charge is 0.347 e. The normalized spacial score (nSPS) is 31.3. The first-order chi connectivity index (χ1) is 13.3. The summed E-state index contributed by atoms with van der Waals surface area (Å²) in [6.45, 7) is 0. The Hall–Kier alpha value is -2.44. The van der Waals surface area contributed by atoms with E-state index in [-0.39, 0.29) is 22.9 Å². The van der Waals surface area contributed by atoms with Crippen LogP contribution in [0.1, 0.15) is 48.9 Å². The zero-order valence-electron chi connectivity index (χ0n) is 16.4. The molecule has 0 aromatic heterocycles. The zero-order chi connectivity index (χ0) is 20.1. The molecule has 4 aliphatic carbocycles. The van der Waals surface area contributed by atoms with Crippen LogP contribution in [-0.4, -0.2) is 41.8 Å². The number of nitro benzene ring substituents is 1. The highest BCUT2D eigenvalue weighted by molar-refractivity contribution is 5.98. The minimum Gasteiger partial charge on any atom is -0.347 e. The zero-order valence-corrected chi connectivity index (χ0v) is 16.4. The summed E-state index contributed by atoms with van der Waals surface area (Å²) in [5.74, 6) is 1.60. The molecule has 28 heavy (non-hydrogen) atoms. The van der Waals surface area contributed by atoms with Crippen molar-refractivity contribution < 1.29 is 14.5 Å². The van der Waals surface area contributed by atoms with E-state index in [1.165, 1.54) is 43.5 Å². The lowest BCUT2D eigenvalue weighted by atomic mass is 9.47. The molecule has 0 aliphatic heterocycles. The third kappa shape index (κ3) is 3.27. The van der Waals surface area contributed by atoms with Crippen LogP contribution in [0.25, 0.3) is 0 Å². The number of carbonyl (C=O) groups excluding carboxylic acids is 2. The van der Waals surface area contributed by atoms with Crippen molar-refractivity contribution in [3.05, 3.63) is 39.9 Å². The summed E-state index contributed by atoms with van der Waals surface area (Å²) < 4.78 is 0. The average molecular weight is 385 g/mol. The summed E-state index contributed by atoms with van der Waals surface area (Å²) >= 11 is 0. The van der Waals surface area contributed by atoms with E-state index in [1.807, 2.05) is 0 Å². The Labute approximate surface area is 164 Å². The smallest absolute Gasteiger partial charge is 0.269 e. The first-order valence-corrected chi connectivity index (χ1v) is 10.0. The van der Waals surface area contributed by atoms with Gasteiger partial charge >= 0.3 is 0 Å². The molecule has 0 heterocycles. The van der Waals surface area contributed by atoms with Gasteiger partial charge in [0.15, 0.2) is 0 Å². The molecule has 5 rings (SSSR count). The molecule has 1 atom stereocenters. The van der Waals surface area contributed by atoms with Crippen molar-refractivity contribution >= 4 is 17.5 Å². The molecule has 150 valence electrons. The van der Waals surface area contributed by atoms with Crippen LogP contribution in [0.2, 0.25) is 0 Å². The molecule has 4 bridgehead atoms. The average Bonchev–Trinajstić information content (AvgIpc) is 2.64. The summed E-state index contributed by atoms with van der Waals surface area (Å²) in [6, 6.07) is 5.00. The van der Waals surface area contributed by atoms with Crippen LogP contribution in [0, 0.1) is 33.3 Å². The number of hydrogen-bond donors (Lipinski definition) is 1. The minimum absolute atomic E-state index is 0.0569. The van der Waals surface area contributed by atoms with E-state index in [0.717, 1.165) is 19.3 Å². The van der Waals surface area contributed by atoms with Crippen molar-refractivity contribution in [3.8, 4) is 0 Å². The van der Waals surface area contributed by atoms with Gasteiger partial charge in [-0.05, 0) is 68.4 Å². The van der Waals surface area contributed by atoms with E-state index in [4.69, 9.17) is 0 Å². The first kappa shape index (κ1) is 18.9. The molecule has 0 radical (unpaired) electrons. The van der Waals surface area contributed by atoms with Gasteiger partial charge in [-0.3, -0.25) is 19.7 Å². The van der Waals surface area contributed by atoms with Gasteiger partial charge < -0.3 is 10.2 Å². The molecule has 2 amide bonds. The van der Waals surface area contributed by atoms with Crippen molar-refractivity contribution in [3.63, 3.8) is 0 Å². The fourth-order valence-electron chi connectivity index (χ4n) is 6.22. The van der Waals surface area contributed by atoms with Crippen molar-refractivity contribution in [1.82, 2.24) is 10.2 Å². The maximum atomic E-state index is 13.1. The number of rotatable bonds is 5. The van der Waals surface area contributed by atoms with E-state index < -0.39 is 11.0 Å². The summed E-state index contributed by atoms with van der Waals surface area (Å²) in [4.78, 5) is 37.9. The Kier molecular flexibility index (Phi) is 4.63. The molecule has 1 aromatic carbocycles. The fraction of sp³-hybridized carbons (Fsp3) is 0.619. The molecule has 4 saturated carbocycles. The highest BCUT2D eigenvalue weighted by Gasteiger charge is 2.56. The predicted molar refractivity (Wildman–Crippen MR) is 104 cm³/mol. The van der Waals surface area contributed by atoms with Gasteiger partial charge in [0.1, 0.15) is 6.04 Å². The predicted octanol–water partition coefficient (Wildman–Crippen LogP) is 3.00. The number of nitro groups is 1. The van der Waals surface area contributed by atoms with Crippen LogP contribution in [0.4, 0.5) is 5.69 Å². The van der Waals surface area contributed by atoms with Crippen LogP contribution < -0.4 is 5.32 Å². The Bertz CT molecular complexity index is 767. The lowest BCUT2D eigenvalue weighted by molar-refractivity contribution is -0.384. The van der Waals surface area contributed by atoms with Gasteiger partial charge in [0.2, 0.25) is 5.91 Å². The van der Waals surface area contributed by atoms with E-state index in [0.29, 0.717) is 23.3 Å². The molecule has 7 heteroatoms. The second-order valence-corrected chi connectivity index (χ2v) is 9.22. The molecule has 4 fully saturated rings. The first-order valence-electron chi connectivity index (χ1n) is 10.0. The number of hydrogen-bond acceptors (Lipinski definition) is 4. The number of nitrogens with one attached hydrogen (secondary N) is 1. The number of amides is 2. The van der Waals surface area contributed by atoms with Crippen LogP contribution in [0.5, 0.6) is 0 Å². The molecule has 0 unspecified atom stereocenters. The molecule has 0 saturated heterocycles. The van der Waals surface area contributed by atoms with Gasteiger partial charge in [-0.15, -0.1) is 0 Å². The molecule has 0 spiro atoms. The lowest BCUT2D eigenvalue weighted by Crippen LogP contribution is -2.61. The number of likely N-dealkylation sites (N-methyl/N-ethyl adjacent to an activating group) is 1. The van der Waals surface area contributed by atoms with Crippen molar-refractivity contribution in [2.75, 3.05) is 14.1 Å². The van der Waals surface area contributed by atoms with Gasteiger partial charge in [-0.1, -0.05) is 0 Å². The van der Waals surface area contributed by atoms with E-state index in [9.17, 15) is 19.7 Å². The standard InChI is InChI=1S/C21H27N3O4/c1-23(2)20(26)18(21-10-13-7-14(11-21)9-15(8-13)12-21)22-19(25)16-3-5-17(6-4-16)24(27)28/h3-6,13-15,18H,7-12H2,1-2H3,(H,22,25)/t13?,14?,15?,18-,21?/m1/s1. The summed E-state index contributed by atoms with van der Waals surface area (Å²) in [7, 11) is 3.46. The molecule has 4 aliphatic rings. The summed E-state index contributed by atoms with van der Waals surface area (Å²) in [5.41, 5.74) is 0.123. The van der Waals surface area contributed by atoms with Gasteiger partial charge in [0.05, 0.1) is 4.92 Å². The molecular weight excluding hydrogens is 358 g/mol. The van der Waals surface area contributed by atoms with Gasteiger partial charge in [0.25, 0.3) is 11.6 Å². The van der Waals surface area contributed by atoms with Crippen LogP contribution in [0.15, 0.2) is 24.3 Å². The molecule has 1 N–H and O–H groups in total. The molecule has 1 aromatic rings. The topological polar surface area (TPSA) is 92.6 Å². The van der Waals surface area contributed by atoms with Crippen LogP contribution in [-0.2, 0) is 4.79 Å². The second-order valence-electron chi connectivity index (χ2n) is 9.22. The van der Waals surface area contributed by atoms with E-state index >= 15 is 0 Å². The molecular formula is C21H27N3O4. The van der Waals surface area contributed by atoms with Gasteiger partial charge in [-0.25, -0.2) is 0 Å². The number of benzene rings is 1. The molecule has 7 nitrogen and oxygen atoms in total. The maximum Gasteiger partial charge on any atom is 0.269 e. The highest BCUT2D eigenvalue weighted by Crippen LogP contribution is 2.61. The Morgan fingerprint density at radius 2 is 1.57 bits per heavy atom. The lowest BCUT2D eigenvalue weighted by Gasteiger charge is -2.59. The third-order valence-corrected chi connectivity index (χ3v) is 7.00. The van der Waals surface area contributed by atoms with Gasteiger partial charge in [0, 0.05) is 37.2 Å². The van der Waals surface area contributed by atoms with Gasteiger partial charge in [-0.2, -0.15) is 0 Å². The number of nitrogens with zero attached hydrogens (tertiary/aromatic N) is 2. The Balaban J connectivity index is 1.59. The van der Waals surface area contributed by atoms with Crippen LogP contribution >= 0.6 is 0 Å². The van der Waals surface area contributed by atoms with Crippen molar-refractivity contribution in [2.24, 2.45) is 23.2 Å².